The van der Waals surface area contributed by atoms with Crippen molar-refractivity contribution < 1.29 is 9.32 Å². The van der Waals surface area contributed by atoms with Gasteiger partial charge in [0.25, 0.3) is 5.91 Å². The molecule has 0 bridgehead atoms. The summed E-state index contributed by atoms with van der Waals surface area (Å²) in [5, 5.41) is 4.00. The Labute approximate surface area is 166 Å². The molecule has 1 saturated carbocycles. The van der Waals surface area contributed by atoms with E-state index in [1.165, 1.54) is 36.9 Å². The highest BCUT2D eigenvalue weighted by Gasteiger charge is 2.50. The fourth-order valence-electron chi connectivity index (χ4n) is 5.47. The number of aromatic nitrogens is 1. The van der Waals surface area contributed by atoms with Crippen molar-refractivity contribution in [2.24, 2.45) is 17.8 Å². The van der Waals surface area contributed by atoms with E-state index in [-0.39, 0.29) is 11.9 Å². The molecule has 1 aliphatic carbocycles. The average Bonchev–Trinajstić information content (AvgIpc) is 3.32. The Balaban J connectivity index is 1.43. The molecule has 1 aromatic carbocycles. The fraction of sp³-hybridized carbons (Fsp3) is 0.565. The van der Waals surface area contributed by atoms with Crippen LogP contribution in [-0.4, -0.2) is 47.0 Å². The summed E-state index contributed by atoms with van der Waals surface area (Å²) in [4.78, 5) is 18.0. The zero-order valence-corrected chi connectivity index (χ0v) is 16.8. The minimum atomic E-state index is 0.00467. The van der Waals surface area contributed by atoms with Crippen molar-refractivity contribution in [1.29, 1.82) is 0 Å². The molecule has 2 saturated heterocycles. The van der Waals surface area contributed by atoms with E-state index < -0.39 is 0 Å². The second-order valence-corrected chi connectivity index (χ2v) is 9.02. The number of hydrogen-bond acceptors (Lipinski definition) is 4. The Morgan fingerprint density at radius 2 is 2.00 bits per heavy atom. The molecule has 2 aliphatic heterocycles. The third-order valence-corrected chi connectivity index (χ3v) is 7.10. The summed E-state index contributed by atoms with van der Waals surface area (Å²) >= 11 is 0. The van der Waals surface area contributed by atoms with Crippen LogP contribution in [0.25, 0.3) is 0 Å². The number of nitrogens with zero attached hydrogens (tertiary/aromatic N) is 3. The monoisotopic (exact) mass is 379 g/mol. The van der Waals surface area contributed by atoms with E-state index in [9.17, 15) is 4.79 Å². The van der Waals surface area contributed by atoms with Gasteiger partial charge in [0.05, 0.1) is 6.04 Å². The Hall–Kier alpha value is -2.14. The van der Waals surface area contributed by atoms with Crippen molar-refractivity contribution in [3.63, 3.8) is 0 Å². The van der Waals surface area contributed by atoms with Crippen molar-refractivity contribution in [1.82, 2.24) is 15.0 Å². The minimum absolute atomic E-state index is 0.00467. The lowest BCUT2D eigenvalue weighted by Gasteiger charge is -2.33. The molecule has 148 valence electrons. The Morgan fingerprint density at radius 3 is 2.68 bits per heavy atom. The van der Waals surface area contributed by atoms with Crippen LogP contribution in [0, 0.1) is 31.6 Å². The standard InChI is InChI=1S/C23H29N3O2/c1-15-6-3-4-9-19(15)22-20-14-25(11-17-7-5-8-17)12-18(20)13-26(22)23(27)21-10-16(2)28-24-21/h3-4,6,9-10,17-18,20,22H,5,7-8,11-14H2,1-2H3/t18-,20-,22+/m0/s1. The molecule has 28 heavy (non-hydrogen) atoms. The fourth-order valence-corrected chi connectivity index (χ4v) is 5.47. The van der Waals surface area contributed by atoms with Crippen molar-refractivity contribution in [3.8, 4) is 0 Å². The number of fused-ring (bicyclic) bond motifs is 1. The van der Waals surface area contributed by atoms with Gasteiger partial charge >= 0.3 is 0 Å². The first-order valence-electron chi connectivity index (χ1n) is 10.6. The number of hydrogen-bond donors (Lipinski definition) is 0. The number of benzene rings is 1. The largest absolute Gasteiger partial charge is 0.361 e. The summed E-state index contributed by atoms with van der Waals surface area (Å²) in [6.45, 7) is 8.26. The van der Waals surface area contributed by atoms with Crippen LogP contribution in [-0.2, 0) is 0 Å². The van der Waals surface area contributed by atoms with Gasteiger partial charge in [0, 0.05) is 38.2 Å². The molecule has 5 rings (SSSR count). The number of carbonyl (C=O) groups excluding carboxylic acids is 1. The predicted molar refractivity (Wildman–Crippen MR) is 107 cm³/mol. The number of amides is 1. The molecule has 3 aliphatic rings. The van der Waals surface area contributed by atoms with Crippen molar-refractivity contribution in [2.75, 3.05) is 26.2 Å². The summed E-state index contributed by atoms with van der Waals surface area (Å²) in [6.07, 6.45) is 4.18. The first kappa shape index (κ1) is 17.9. The van der Waals surface area contributed by atoms with E-state index in [0.717, 1.165) is 25.6 Å². The summed E-state index contributed by atoms with van der Waals surface area (Å²) in [5.41, 5.74) is 2.98. The van der Waals surface area contributed by atoms with E-state index in [1.807, 2.05) is 6.92 Å². The molecule has 2 aromatic rings. The summed E-state index contributed by atoms with van der Waals surface area (Å²) in [6, 6.07) is 10.4. The van der Waals surface area contributed by atoms with Gasteiger partial charge in [-0.15, -0.1) is 0 Å². The molecular formula is C23H29N3O2. The number of rotatable bonds is 4. The van der Waals surface area contributed by atoms with Crippen molar-refractivity contribution >= 4 is 5.91 Å². The van der Waals surface area contributed by atoms with Gasteiger partial charge in [-0.05, 0) is 49.7 Å². The number of likely N-dealkylation sites (tertiary alicyclic amines) is 2. The first-order chi connectivity index (χ1) is 13.6. The molecule has 5 heteroatoms. The molecule has 1 aromatic heterocycles. The second kappa shape index (κ2) is 7.03. The van der Waals surface area contributed by atoms with E-state index in [1.54, 1.807) is 6.07 Å². The minimum Gasteiger partial charge on any atom is -0.361 e. The van der Waals surface area contributed by atoms with Gasteiger partial charge in [-0.3, -0.25) is 4.79 Å². The van der Waals surface area contributed by atoms with Crippen molar-refractivity contribution in [3.05, 3.63) is 52.9 Å². The van der Waals surface area contributed by atoms with Crippen LogP contribution in [0.3, 0.4) is 0 Å². The molecular weight excluding hydrogens is 350 g/mol. The molecule has 0 N–H and O–H groups in total. The first-order valence-corrected chi connectivity index (χ1v) is 10.6. The smallest absolute Gasteiger partial charge is 0.276 e. The third-order valence-electron chi connectivity index (χ3n) is 7.10. The van der Waals surface area contributed by atoms with Gasteiger partial charge in [0.2, 0.25) is 0 Å². The van der Waals surface area contributed by atoms with Crippen LogP contribution >= 0.6 is 0 Å². The summed E-state index contributed by atoms with van der Waals surface area (Å²) in [7, 11) is 0. The van der Waals surface area contributed by atoms with Gasteiger partial charge in [-0.1, -0.05) is 35.8 Å². The van der Waals surface area contributed by atoms with Crippen LogP contribution in [0.15, 0.2) is 34.9 Å². The highest BCUT2D eigenvalue weighted by molar-refractivity contribution is 5.92. The Kier molecular flexibility index (Phi) is 4.50. The van der Waals surface area contributed by atoms with Crippen LogP contribution in [0.5, 0.6) is 0 Å². The van der Waals surface area contributed by atoms with Crippen LogP contribution < -0.4 is 0 Å². The zero-order chi connectivity index (χ0) is 19.3. The lowest BCUT2D eigenvalue weighted by Crippen LogP contribution is -2.38. The quantitative estimate of drug-likeness (QED) is 0.810. The van der Waals surface area contributed by atoms with Gasteiger partial charge in [0.15, 0.2) is 5.69 Å². The van der Waals surface area contributed by atoms with Gasteiger partial charge in [-0.2, -0.15) is 0 Å². The summed E-state index contributed by atoms with van der Waals surface area (Å²) in [5.74, 6) is 2.62. The van der Waals surface area contributed by atoms with Crippen molar-refractivity contribution in [2.45, 2.75) is 39.2 Å². The number of carbonyl (C=O) groups is 1. The summed E-state index contributed by atoms with van der Waals surface area (Å²) < 4.78 is 5.18. The van der Waals surface area contributed by atoms with Crippen LogP contribution in [0.1, 0.15) is 52.7 Å². The van der Waals surface area contributed by atoms with Gasteiger partial charge in [0.1, 0.15) is 5.76 Å². The molecule has 3 heterocycles. The van der Waals surface area contributed by atoms with Gasteiger partial charge in [-0.25, -0.2) is 0 Å². The Morgan fingerprint density at radius 1 is 1.18 bits per heavy atom. The van der Waals surface area contributed by atoms with Crippen LogP contribution in [0.2, 0.25) is 0 Å². The maximum absolute atomic E-state index is 13.3. The average molecular weight is 380 g/mol. The van der Waals surface area contributed by atoms with E-state index in [2.05, 4.69) is 46.1 Å². The highest BCUT2D eigenvalue weighted by atomic mass is 16.5. The maximum Gasteiger partial charge on any atom is 0.276 e. The normalized spacial score (nSPS) is 27.8. The molecule has 3 fully saturated rings. The SMILES string of the molecule is Cc1cc(C(=O)N2C[C@@H]3CN(CC4CCC4)C[C@@H]3[C@H]2c2ccccc2C)no1. The van der Waals surface area contributed by atoms with Gasteiger partial charge < -0.3 is 14.3 Å². The second-order valence-electron chi connectivity index (χ2n) is 9.02. The Bertz CT molecular complexity index is 872. The molecule has 0 unspecified atom stereocenters. The molecule has 1 amide bonds. The third kappa shape index (κ3) is 3.06. The topological polar surface area (TPSA) is 49.6 Å². The predicted octanol–water partition coefficient (Wildman–Crippen LogP) is 3.84. The van der Waals surface area contributed by atoms with E-state index in [0.29, 0.717) is 23.3 Å². The van der Waals surface area contributed by atoms with E-state index >= 15 is 0 Å². The maximum atomic E-state index is 13.3. The lowest BCUT2D eigenvalue weighted by atomic mass is 9.85. The zero-order valence-electron chi connectivity index (χ0n) is 16.8. The van der Waals surface area contributed by atoms with E-state index in [4.69, 9.17) is 4.52 Å². The van der Waals surface area contributed by atoms with Crippen LogP contribution in [0.4, 0.5) is 0 Å². The molecule has 0 spiro atoms. The molecule has 0 radical (unpaired) electrons. The highest BCUT2D eigenvalue weighted by Crippen LogP contribution is 2.46. The lowest BCUT2D eigenvalue weighted by molar-refractivity contribution is 0.0684. The number of aryl methyl sites for hydroxylation is 2. The molecule has 5 nitrogen and oxygen atoms in total. The molecule has 3 atom stereocenters.